The zero-order valence-electron chi connectivity index (χ0n) is 13.8. The van der Waals surface area contributed by atoms with E-state index < -0.39 is 0 Å². The van der Waals surface area contributed by atoms with Gasteiger partial charge in [0, 0.05) is 18.9 Å². The van der Waals surface area contributed by atoms with Gasteiger partial charge in [-0.2, -0.15) is 0 Å². The summed E-state index contributed by atoms with van der Waals surface area (Å²) in [5.74, 6) is 0.636. The number of carbonyl (C=O) groups is 1. The molecule has 1 N–H and O–H groups in total. The number of amides is 1. The largest absolute Gasteiger partial charge is 0.497 e. The van der Waals surface area contributed by atoms with Crippen LogP contribution in [0.15, 0.2) is 60.9 Å². The molecule has 1 amide bonds. The van der Waals surface area contributed by atoms with Crippen LogP contribution in [0, 0.1) is 0 Å². The van der Waals surface area contributed by atoms with Crippen LogP contribution < -0.4 is 10.1 Å². The van der Waals surface area contributed by atoms with Crippen molar-refractivity contribution in [1.82, 2.24) is 10.3 Å². The number of carbonyl (C=O) groups excluding carboxylic acids is 1. The number of hydrogen-bond acceptors (Lipinski definition) is 3. The van der Waals surface area contributed by atoms with Crippen molar-refractivity contribution in [3.05, 3.63) is 72.1 Å². The molecule has 1 aromatic heterocycles. The predicted molar refractivity (Wildman–Crippen MR) is 95.0 cm³/mol. The summed E-state index contributed by atoms with van der Waals surface area (Å²) < 4.78 is 5.24. The van der Waals surface area contributed by atoms with Gasteiger partial charge in [-0.25, -0.2) is 0 Å². The van der Waals surface area contributed by atoms with E-state index >= 15 is 0 Å². The fourth-order valence-corrected chi connectivity index (χ4v) is 2.63. The van der Waals surface area contributed by atoms with Crippen molar-refractivity contribution >= 4 is 16.7 Å². The maximum atomic E-state index is 12.4. The number of nitrogens with one attached hydrogen (secondary N) is 1. The van der Waals surface area contributed by atoms with Crippen molar-refractivity contribution in [2.45, 2.75) is 19.4 Å². The second kappa shape index (κ2) is 7.13. The van der Waals surface area contributed by atoms with Crippen LogP contribution in [0.2, 0.25) is 0 Å². The Hall–Kier alpha value is -2.88. The Bertz CT molecular complexity index is 847. The van der Waals surface area contributed by atoms with Crippen LogP contribution in [0.5, 0.6) is 5.75 Å². The highest BCUT2D eigenvalue weighted by atomic mass is 16.5. The first kappa shape index (κ1) is 16.0. The fraction of sp³-hybridized carbons (Fsp3) is 0.200. The van der Waals surface area contributed by atoms with Crippen LogP contribution in [0.25, 0.3) is 10.8 Å². The SMILES string of the molecule is COc1ccc2cc([C@H](C)C(=O)NCc3ccncc3)ccc2c1. The zero-order valence-corrected chi connectivity index (χ0v) is 13.8. The highest BCUT2D eigenvalue weighted by molar-refractivity contribution is 5.88. The Kier molecular flexibility index (Phi) is 4.75. The average Bonchev–Trinajstić information content (AvgIpc) is 2.65. The Morgan fingerprint density at radius 1 is 1.08 bits per heavy atom. The summed E-state index contributed by atoms with van der Waals surface area (Å²) in [7, 11) is 1.66. The van der Waals surface area contributed by atoms with Crippen LogP contribution >= 0.6 is 0 Å². The van der Waals surface area contributed by atoms with Crippen LogP contribution in [0.4, 0.5) is 0 Å². The second-order valence-electron chi connectivity index (χ2n) is 5.77. The van der Waals surface area contributed by atoms with Crippen molar-refractivity contribution in [1.29, 1.82) is 0 Å². The Balaban J connectivity index is 1.72. The number of ether oxygens (including phenoxy) is 1. The summed E-state index contributed by atoms with van der Waals surface area (Å²) >= 11 is 0. The van der Waals surface area contributed by atoms with E-state index in [2.05, 4.69) is 16.4 Å². The monoisotopic (exact) mass is 320 g/mol. The first-order valence-corrected chi connectivity index (χ1v) is 7.91. The normalized spacial score (nSPS) is 11.9. The molecule has 0 saturated carbocycles. The average molecular weight is 320 g/mol. The van der Waals surface area contributed by atoms with Crippen molar-refractivity contribution < 1.29 is 9.53 Å². The molecule has 24 heavy (non-hydrogen) atoms. The lowest BCUT2D eigenvalue weighted by Crippen LogP contribution is -2.27. The van der Waals surface area contributed by atoms with Crippen LogP contribution in [-0.2, 0) is 11.3 Å². The van der Waals surface area contributed by atoms with Gasteiger partial charge in [-0.3, -0.25) is 9.78 Å². The number of hydrogen-bond donors (Lipinski definition) is 1. The van der Waals surface area contributed by atoms with Gasteiger partial charge in [-0.15, -0.1) is 0 Å². The molecule has 0 fully saturated rings. The summed E-state index contributed by atoms with van der Waals surface area (Å²) in [5, 5.41) is 5.18. The summed E-state index contributed by atoms with van der Waals surface area (Å²) in [6.45, 7) is 2.43. The molecule has 0 aliphatic rings. The molecule has 0 unspecified atom stereocenters. The van der Waals surface area contributed by atoms with Crippen LogP contribution in [0.3, 0.4) is 0 Å². The van der Waals surface area contributed by atoms with E-state index in [1.165, 1.54) is 0 Å². The number of methoxy groups -OCH3 is 1. The predicted octanol–water partition coefficient (Wildman–Crippen LogP) is 3.66. The fourth-order valence-electron chi connectivity index (χ4n) is 2.63. The minimum Gasteiger partial charge on any atom is -0.497 e. The first-order chi connectivity index (χ1) is 11.7. The number of nitrogens with zero attached hydrogens (tertiary/aromatic N) is 1. The molecule has 0 radical (unpaired) electrons. The van der Waals surface area contributed by atoms with Crippen LogP contribution in [-0.4, -0.2) is 18.0 Å². The number of fused-ring (bicyclic) bond motifs is 1. The van der Waals surface area contributed by atoms with Crippen molar-refractivity contribution in [3.8, 4) is 5.75 Å². The molecule has 2 aromatic carbocycles. The molecular formula is C20H20N2O2. The molecule has 0 spiro atoms. The lowest BCUT2D eigenvalue weighted by atomic mass is 9.97. The quantitative estimate of drug-likeness (QED) is 0.780. The Morgan fingerprint density at radius 2 is 1.79 bits per heavy atom. The molecule has 4 heteroatoms. The standard InChI is InChI=1S/C20H20N2O2/c1-14(20(23)22-13-15-7-9-21-10-8-15)16-3-4-18-12-19(24-2)6-5-17(18)11-16/h3-12,14H,13H2,1-2H3,(H,22,23)/t14-/m0/s1. The van der Waals surface area contributed by atoms with Gasteiger partial charge in [-0.1, -0.05) is 24.3 Å². The van der Waals surface area contributed by atoms with Gasteiger partial charge in [0.25, 0.3) is 0 Å². The summed E-state index contributed by atoms with van der Waals surface area (Å²) in [4.78, 5) is 16.4. The topological polar surface area (TPSA) is 51.2 Å². The molecular weight excluding hydrogens is 300 g/mol. The number of rotatable bonds is 5. The maximum Gasteiger partial charge on any atom is 0.227 e. The molecule has 3 rings (SSSR count). The maximum absolute atomic E-state index is 12.4. The molecule has 3 aromatic rings. The summed E-state index contributed by atoms with van der Waals surface area (Å²) in [5.41, 5.74) is 2.04. The van der Waals surface area contributed by atoms with Crippen molar-refractivity contribution in [3.63, 3.8) is 0 Å². The second-order valence-corrected chi connectivity index (χ2v) is 5.77. The summed E-state index contributed by atoms with van der Waals surface area (Å²) in [6.07, 6.45) is 3.45. The van der Waals surface area contributed by atoms with Gasteiger partial charge in [0.1, 0.15) is 5.75 Å². The summed E-state index contributed by atoms with van der Waals surface area (Å²) in [6, 6.07) is 15.8. The molecule has 1 atom stereocenters. The van der Waals surface area contributed by atoms with Crippen molar-refractivity contribution in [2.75, 3.05) is 7.11 Å². The van der Waals surface area contributed by atoms with Gasteiger partial charge in [0.2, 0.25) is 5.91 Å². The third-order valence-corrected chi connectivity index (χ3v) is 4.18. The lowest BCUT2D eigenvalue weighted by Gasteiger charge is -2.14. The smallest absolute Gasteiger partial charge is 0.227 e. The van der Waals surface area contributed by atoms with E-state index in [9.17, 15) is 4.79 Å². The Morgan fingerprint density at radius 3 is 2.54 bits per heavy atom. The molecule has 0 aliphatic carbocycles. The Labute approximate surface area is 141 Å². The molecule has 122 valence electrons. The minimum atomic E-state index is -0.210. The van der Waals surface area contributed by atoms with Gasteiger partial charge in [0.05, 0.1) is 13.0 Å². The molecule has 0 bridgehead atoms. The highest BCUT2D eigenvalue weighted by Crippen LogP contribution is 2.25. The minimum absolute atomic E-state index is 0.0136. The third-order valence-electron chi connectivity index (χ3n) is 4.18. The van der Waals surface area contributed by atoms with Gasteiger partial charge in [0.15, 0.2) is 0 Å². The highest BCUT2D eigenvalue weighted by Gasteiger charge is 2.15. The first-order valence-electron chi connectivity index (χ1n) is 7.91. The number of aromatic nitrogens is 1. The number of pyridine rings is 1. The van der Waals surface area contributed by atoms with Gasteiger partial charge in [-0.05, 0) is 53.1 Å². The van der Waals surface area contributed by atoms with E-state index in [0.29, 0.717) is 6.54 Å². The lowest BCUT2D eigenvalue weighted by molar-refractivity contribution is -0.122. The van der Waals surface area contributed by atoms with E-state index in [1.807, 2.05) is 49.4 Å². The third kappa shape index (κ3) is 3.54. The molecule has 0 saturated heterocycles. The van der Waals surface area contributed by atoms with Crippen LogP contribution in [0.1, 0.15) is 24.0 Å². The number of benzene rings is 2. The van der Waals surface area contributed by atoms with Gasteiger partial charge >= 0.3 is 0 Å². The van der Waals surface area contributed by atoms with E-state index in [-0.39, 0.29) is 11.8 Å². The van der Waals surface area contributed by atoms with E-state index in [4.69, 9.17) is 4.74 Å². The molecule has 1 heterocycles. The molecule has 0 aliphatic heterocycles. The zero-order chi connectivity index (χ0) is 16.9. The van der Waals surface area contributed by atoms with E-state index in [1.54, 1.807) is 19.5 Å². The van der Waals surface area contributed by atoms with Gasteiger partial charge < -0.3 is 10.1 Å². The van der Waals surface area contributed by atoms with E-state index in [0.717, 1.165) is 27.6 Å². The van der Waals surface area contributed by atoms with Crippen molar-refractivity contribution in [2.24, 2.45) is 0 Å². The molecule has 4 nitrogen and oxygen atoms in total.